The normalized spacial score (nSPS) is 17.2. The Bertz CT molecular complexity index is 395. The summed E-state index contributed by atoms with van der Waals surface area (Å²) in [5.74, 6) is 1.38. The van der Waals surface area contributed by atoms with Gasteiger partial charge < -0.3 is 10.6 Å². The molecule has 1 amide bonds. The molecule has 0 radical (unpaired) electrons. The molecule has 0 bridgehead atoms. The van der Waals surface area contributed by atoms with Gasteiger partial charge in [0.05, 0.1) is 0 Å². The Kier molecular flexibility index (Phi) is 8.72. The second-order valence-electron chi connectivity index (χ2n) is 4.61. The Labute approximate surface area is 126 Å². The van der Waals surface area contributed by atoms with Crippen molar-refractivity contribution in [2.24, 2.45) is 5.92 Å². The third-order valence-electron chi connectivity index (χ3n) is 3.10. The Morgan fingerprint density at radius 2 is 2.26 bits per heavy atom. The number of pyridine rings is 1. The van der Waals surface area contributed by atoms with Crippen LogP contribution in [0.25, 0.3) is 0 Å². The lowest BCUT2D eigenvalue weighted by Crippen LogP contribution is -2.15. The van der Waals surface area contributed by atoms with E-state index in [1.165, 1.54) is 6.42 Å². The number of aromatic nitrogens is 1. The van der Waals surface area contributed by atoms with E-state index in [4.69, 9.17) is 0 Å². The molecule has 0 aromatic carbocycles. The number of rotatable bonds is 4. The minimum Gasteiger partial charge on any atom is -0.316 e. The maximum atomic E-state index is 11.7. The number of nitrogens with one attached hydrogen (secondary N) is 2. The number of halogens is 2. The molecule has 1 fully saturated rings. The van der Waals surface area contributed by atoms with Crippen molar-refractivity contribution < 1.29 is 4.79 Å². The summed E-state index contributed by atoms with van der Waals surface area (Å²) >= 11 is 0. The quantitative estimate of drug-likeness (QED) is 0.899. The molecule has 1 aliphatic rings. The summed E-state index contributed by atoms with van der Waals surface area (Å²) in [4.78, 5) is 16.0. The summed E-state index contributed by atoms with van der Waals surface area (Å²) in [6.07, 6.45) is 2.74. The van der Waals surface area contributed by atoms with Crippen LogP contribution < -0.4 is 10.6 Å². The number of carbonyl (C=O) groups is 1. The largest absolute Gasteiger partial charge is 0.316 e. The highest BCUT2D eigenvalue weighted by atomic mass is 35.5. The van der Waals surface area contributed by atoms with E-state index in [0.29, 0.717) is 18.2 Å². The molecular formula is C13H21Cl2N3O. The number of anilines is 1. The smallest absolute Gasteiger partial charge is 0.225 e. The molecule has 1 atom stereocenters. The van der Waals surface area contributed by atoms with Crippen LogP contribution >= 0.6 is 24.8 Å². The van der Waals surface area contributed by atoms with Gasteiger partial charge in [-0.15, -0.1) is 24.8 Å². The zero-order valence-corrected chi connectivity index (χ0v) is 12.6. The summed E-state index contributed by atoms with van der Waals surface area (Å²) in [5, 5.41) is 6.15. The molecule has 2 N–H and O–H groups in total. The molecule has 108 valence electrons. The number of hydrogen-bond acceptors (Lipinski definition) is 3. The molecule has 0 saturated carbocycles. The van der Waals surface area contributed by atoms with Gasteiger partial charge in [-0.05, 0) is 50.9 Å². The second kappa shape index (κ2) is 9.13. The minimum absolute atomic E-state index is 0. The number of aryl methyl sites for hydroxylation is 1. The highest BCUT2D eigenvalue weighted by molar-refractivity contribution is 5.89. The highest BCUT2D eigenvalue weighted by Gasteiger charge is 2.15. The Morgan fingerprint density at radius 3 is 2.89 bits per heavy atom. The molecule has 1 aromatic rings. The molecule has 4 nitrogen and oxygen atoms in total. The zero-order valence-electron chi connectivity index (χ0n) is 11.0. The standard InChI is InChI=1S/C13H19N3O.2ClH/c1-10-3-2-4-12(15-10)16-13(17)6-5-11-7-8-14-9-11;;/h2-4,11,14H,5-9H2,1H3,(H,15,16,17);2*1H. The average molecular weight is 306 g/mol. The SMILES string of the molecule is Cc1cccc(NC(=O)CCC2CCNC2)n1.Cl.Cl. The molecule has 0 spiro atoms. The molecule has 1 aliphatic heterocycles. The zero-order chi connectivity index (χ0) is 12.1. The van der Waals surface area contributed by atoms with Crippen LogP contribution in [0.15, 0.2) is 18.2 Å². The monoisotopic (exact) mass is 305 g/mol. The maximum absolute atomic E-state index is 11.7. The predicted octanol–water partition coefficient (Wildman–Crippen LogP) is 2.56. The molecule has 6 heteroatoms. The molecule has 2 rings (SSSR count). The first kappa shape index (κ1) is 18.2. The van der Waals surface area contributed by atoms with Crippen molar-refractivity contribution in [1.82, 2.24) is 10.3 Å². The fourth-order valence-electron chi connectivity index (χ4n) is 2.11. The molecular weight excluding hydrogens is 285 g/mol. The molecule has 1 aromatic heterocycles. The van der Waals surface area contributed by atoms with Crippen LogP contribution in [-0.4, -0.2) is 24.0 Å². The van der Waals surface area contributed by atoms with Crippen LogP contribution in [0, 0.1) is 12.8 Å². The van der Waals surface area contributed by atoms with Gasteiger partial charge in [0.25, 0.3) is 0 Å². The van der Waals surface area contributed by atoms with Crippen molar-refractivity contribution >= 4 is 36.5 Å². The number of carbonyl (C=O) groups excluding carboxylic acids is 1. The molecule has 0 aliphatic carbocycles. The Morgan fingerprint density at radius 1 is 1.47 bits per heavy atom. The molecule has 2 heterocycles. The van der Waals surface area contributed by atoms with Crippen molar-refractivity contribution in [3.63, 3.8) is 0 Å². The Hall–Kier alpha value is -0.840. The summed E-state index contributed by atoms with van der Waals surface area (Å²) in [7, 11) is 0. The lowest BCUT2D eigenvalue weighted by Gasteiger charge is -2.08. The van der Waals surface area contributed by atoms with E-state index in [1.54, 1.807) is 0 Å². The van der Waals surface area contributed by atoms with Gasteiger partial charge >= 0.3 is 0 Å². The summed E-state index contributed by atoms with van der Waals surface area (Å²) in [6.45, 7) is 4.06. The minimum atomic E-state index is 0. The first-order valence-corrected chi connectivity index (χ1v) is 6.18. The second-order valence-corrected chi connectivity index (χ2v) is 4.61. The van der Waals surface area contributed by atoms with Crippen LogP contribution in [0.2, 0.25) is 0 Å². The molecule has 19 heavy (non-hydrogen) atoms. The fraction of sp³-hybridized carbons (Fsp3) is 0.538. The van der Waals surface area contributed by atoms with Crippen LogP contribution in [0.4, 0.5) is 5.82 Å². The molecule has 1 unspecified atom stereocenters. The van der Waals surface area contributed by atoms with Crippen LogP contribution in [0.5, 0.6) is 0 Å². The number of nitrogens with zero attached hydrogens (tertiary/aromatic N) is 1. The predicted molar refractivity (Wildman–Crippen MR) is 82.3 cm³/mol. The first-order chi connectivity index (χ1) is 8.24. The van der Waals surface area contributed by atoms with E-state index in [9.17, 15) is 4.79 Å². The van der Waals surface area contributed by atoms with E-state index >= 15 is 0 Å². The first-order valence-electron chi connectivity index (χ1n) is 6.18. The van der Waals surface area contributed by atoms with Gasteiger partial charge in [0.2, 0.25) is 5.91 Å². The van der Waals surface area contributed by atoms with Gasteiger partial charge in [0.1, 0.15) is 5.82 Å². The van der Waals surface area contributed by atoms with Crippen molar-refractivity contribution in [1.29, 1.82) is 0 Å². The lowest BCUT2D eigenvalue weighted by atomic mass is 10.0. The summed E-state index contributed by atoms with van der Waals surface area (Å²) in [5.41, 5.74) is 0.919. The molecule has 1 saturated heterocycles. The highest BCUT2D eigenvalue weighted by Crippen LogP contribution is 2.14. The van der Waals surface area contributed by atoms with E-state index in [1.807, 2.05) is 25.1 Å². The van der Waals surface area contributed by atoms with Gasteiger partial charge in [0.15, 0.2) is 0 Å². The average Bonchev–Trinajstić information content (AvgIpc) is 2.79. The summed E-state index contributed by atoms with van der Waals surface area (Å²) < 4.78 is 0. The van der Waals surface area contributed by atoms with E-state index < -0.39 is 0 Å². The van der Waals surface area contributed by atoms with Crippen LogP contribution in [-0.2, 0) is 4.79 Å². The van der Waals surface area contributed by atoms with Crippen LogP contribution in [0.3, 0.4) is 0 Å². The lowest BCUT2D eigenvalue weighted by molar-refractivity contribution is -0.116. The van der Waals surface area contributed by atoms with Gasteiger partial charge in [-0.2, -0.15) is 0 Å². The van der Waals surface area contributed by atoms with Crippen molar-refractivity contribution in [2.45, 2.75) is 26.2 Å². The van der Waals surface area contributed by atoms with Crippen LogP contribution in [0.1, 0.15) is 25.0 Å². The van der Waals surface area contributed by atoms with Crippen molar-refractivity contribution in [2.75, 3.05) is 18.4 Å². The Balaban J connectivity index is 0.00000162. The van der Waals surface area contributed by atoms with Gasteiger partial charge in [0, 0.05) is 12.1 Å². The van der Waals surface area contributed by atoms with Crippen molar-refractivity contribution in [3.05, 3.63) is 23.9 Å². The van der Waals surface area contributed by atoms with E-state index in [-0.39, 0.29) is 30.7 Å². The number of hydrogen-bond donors (Lipinski definition) is 2. The van der Waals surface area contributed by atoms with Gasteiger partial charge in [-0.25, -0.2) is 4.98 Å². The summed E-state index contributed by atoms with van der Waals surface area (Å²) in [6, 6.07) is 5.64. The fourth-order valence-corrected chi connectivity index (χ4v) is 2.11. The van der Waals surface area contributed by atoms with E-state index in [0.717, 1.165) is 25.2 Å². The van der Waals surface area contributed by atoms with Gasteiger partial charge in [-0.1, -0.05) is 6.07 Å². The third-order valence-corrected chi connectivity index (χ3v) is 3.10. The van der Waals surface area contributed by atoms with Gasteiger partial charge in [-0.3, -0.25) is 4.79 Å². The van der Waals surface area contributed by atoms with Crippen molar-refractivity contribution in [3.8, 4) is 0 Å². The topological polar surface area (TPSA) is 54.0 Å². The number of amides is 1. The maximum Gasteiger partial charge on any atom is 0.225 e. The van der Waals surface area contributed by atoms with E-state index in [2.05, 4.69) is 15.6 Å². The third kappa shape index (κ3) is 6.23.